The molecule has 2 N–H and O–H groups in total. The van der Waals surface area contributed by atoms with Gasteiger partial charge < -0.3 is 15.4 Å². The van der Waals surface area contributed by atoms with E-state index in [1.165, 1.54) is 6.42 Å². The van der Waals surface area contributed by atoms with Crippen molar-refractivity contribution in [1.82, 2.24) is 9.97 Å². The number of hydrogen-bond donors (Lipinski definition) is 2. The summed E-state index contributed by atoms with van der Waals surface area (Å²) in [7, 11) is 1.65. The lowest BCUT2D eigenvalue weighted by atomic mass is 10.4. The highest BCUT2D eigenvalue weighted by atomic mass is 16.5. The predicted octanol–water partition coefficient (Wildman–Crippen LogP) is 1.88. The molecule has 2 rings (SSSR count). The van der Waals surface area contributed by atoms with Crippen LogP contribution in [-0.2, 0) is 11.3 Å². The Labute approximate surface area is 102 Å². The van der Waals surface area contributed by atoms with Crippen LogP contribution in [0.15, 0.2) is 6.07 Å². The third-order valence-electron chi connectivity index (χ3n) is 2.85. The van der Waals surface area contributed by atoms with Crippen molar-refractivity contribution in [3.05, 3.63) is 11.9 Å². The molecule has 1 saturated carbocycles. The van der Waals surface area contributed by atoms with E-state index in [1.54, 1.807) is 7.11 Å². The molecule has 0 radical (unpaired) electrons. The van der Waals surface area contributed by atoms with Crippen LogP contribution in [0.2, 0.25) is 0 Å². The van der Waals surface area contributed by atoms with Crippen LogP contribution in [-0.4, -0.2) is 29.7 Å². The molecule has 0 aromatic carbocycles. The first-order valence-corrected chi connectivity index (χ1v) is 6.10. The van der Waals surface area contributed by atoms with Crippen LogP contribution in [0.3, 0.4) is 0 Å². The average Bonchev–Trinajstić information content (AvgIpc) is 2.94. The number of aromatic nitrogens is 2. The smallest absolute Gasteiger partial charge is 0.158 e. The van der Waals surface area contributed by atoms with Crippen LogP contribution in [0.5, 0.6) is 0 Å². The SMILES string of the molecule is CCNc1cc(NC2CC2C)nc(COC)n1. The number of hydrogen-bond acceptors (Lipinski definition) is 5. The number of nitrogens with one attached hydrogen (secondary N) is 2. The van der Waals surface area contributed by atoms with Crippen LogP contribution in [0, 0.1) is 5.92 Å². The van der Waals surface area contributed by atoms with Gasteiger partial charge in [0.05, 0.1) is 0 Å². The molecule has 2 atom stereocenters. The summed E-state index contributed by atoms with van der Waals surface area (Å²) in [6.07, 6.45) is 1.22. The van der Waals surface area contributed by atoms with Crippen molar-refractivity contribution < 1.29 is 4.74 Å². The van der Waals surface area contributed by atoms with Gasteiger partial charge >= 0.3 is 0 Å². The molecular formula is C12H20N4O. The van der Waals surface area contributed by atoms with Crippen molar-refractivity contribution in [2.75, 3.05) is 24.3 Å². The molecule has 17 heavy (non-hydrogen) atoms. The van der Waals surface area contributed by atoms with Gasteiger partial charge in [-0.1, -0.05) is 6.92 Å². The van der Waals surface area contributed by atoms with E-state index in [-0.39, 0.29) is 0 Å². The Kier molecular flexibility index (Phi) is 3.78. The summed E-state index contributed by atoms with van der Waals surface area (Å²) in [6.45, 7) is 5.57. The van der Waals surface area contributed by atoms with Gasteiger partial charge in [-0.15, -0.1) is 0 Å². The van der Waals surface area contributed by atoms with Gasteiger partial charge in [0, 0.05) is 25.8 Å². The number of methoxy groups -OCH3 is 1. The third-order valence-corrected chi connectivity index (χ3v) is 2.85. The molecule has 1 aromatic rings. The Morgan fingerprint density at radius 1 is 1.41 bits per heavy atom. The maximum Gasteiger partial charge on any atom is 0.158 e. The lowest BCUT2D eigenvalue weighted by Crippen LogP contribution is -2.10. The fraction of sp³-hybridized carbons (Fsp3) is 0.667. The van der Waals surface area contributed by atoms with Crippen LogP contribution in [0.25, 0.3) is 0 Å². The summed E-state index contributed by atoms with van der Waals surface area (Å²) in [6, 6.07) is 2.52. The number of ether oxygens (including phenoxy) is 1. The number of anilines is 2. The molecule has 0 spiro atoms. The highest BCUT2D eigenvalue weighted by Gasteiger charge is 2.32. The van der Waals surface area contributed by atoms with E-state index in [4.69, 9.17) is 4.74 Å². The van der Waals surface area contributed by atoms with Crippen molar-refractivity contribution in [2.24, 2.45) is 5.92 Å². The summed E-state index contributed by atoms with van der Waals surface area (Å²) in [5.74, 6) is 3.20. The highest BCUT2D eigenvalue weighted by Crippen LogP contribution is 2.32. The van der Waals surface area contributed by atoms with Gasteiger partial charge in [-0.25, -0.2) is 9.97 Å². The van der Waals surface area contributed by atoms with E-state index < -0.39 is 0 Å². The Morgan fingerprint density at radius 2 is 2.12 bits per heavy atom. The zero-order valence-corrected chi connectivity index (χ0v) is 10.7. The monoisotopic (exact) mass is 236 g/mol. The van der Waals surface area contributed by atoms with E-state index in [0.29, 0.717) is 18.5 Å². The minimum Gasteiger partial charge on any atom is -0.377 e. The Morgan fingerprint density at radius 3 is 2.71 bits per heavy atom. The number of rotatable bonds is 6. The molecule has 5 heteroatoms. The zero-order valence-electron chi connectivity index (χ0n) is 10.7. The molecule has 5 nitrogen and oxygen atoms in total. The second-order valence-electron chi connectivity index (χ2n) is 4.48. The molecule has 0 aliphatic heterocycles. The first kappa shape index (κ1) is 12.1. The first-order chi connectivity index (χ1) is 8.22. The average molecular weight is 236 g/mol. The molecule has 1 aliphatic rings. The van der Waals surface area contributed by atoms with E-state index in [1.807, 2.05) is 13.0 Å². The molecule has 0 saturated heterocycles. The van der Waals surface area contributed by atoms with Gasteiger partial charge in [-0.3, -0.25) is 0 Å². The standard InChI is InChI=1S/C12H20N4O/c1-4-13-10-6-11(14-9-5-8(9)2)16-12(15-10)7-17-3/h6,8-9H,4-5,7H2,1-3H3,(H2,13,14,15,16). The van der Waals surface area contributed by atoms with Gasteiger partial charge in [0.15, 0.2) is 5.82 Å². The maximum atomic E-state index is 5.08. The van der Waals surface area contributed by atoms with Gasteiger partial charge in [-0.2, -0.15) is 0 Å². The molecule has 94 valence electrons. The summed E-state index contributed by atoms with van der Waals surface area (Å²) < 4.78 is 5.08. The van der Waals surface area contributed by atoms with E-state index in [9.17, 15) is 0 Å². The van der Waals surface area contributed by atoms with E-state index in [2.05, 4.69) is 27.5 Å². The van der Waals surface area contributed by atoms with Crippen LogP contribution in [0.1, 0.15) is 26.1 Å². The van der Waals surface area contributed by atoms with Gasteiger partial charge in [0.2, 0.25) is 0 Å². The molecule has 1 fully saturated rings. The summed E-state index contributed by atoms with van der Waals surface area (Å²) in [5.41, 5.74) is 0. The highest BCUT2D eigenvalue weighted by molar-refractivity contribution is 5.48. The quantitative estimate of drug-likeness (QED) is 0.789. The Balaban J connectivity index is 2.11. The van der Waals surface area contributed by atoms with Crippen LogP contribution < -0.4 is 10.6 Å². The Hall–Kier alpha value is -1.36. The minimum atomic E-state index is 0.439. The molecule has 1 aromatic heterocycles. The van der Waals surface area contributed by atoms with Crippen LogP contribution in [0.4, 0.5) is 11.6 Å². The van der Waals surface area contributed by atoms with E-state index >= 15 is 0 Å². The minimum absolute atomic E-state index is 0.439. The predicted molar refractivity (Wildman–Crippen MR) is 68.1 cm³/mol. The second-order valence-corrected chi connectivity index (χ2v) is 4.48. The maximum absolute atomic E-state index is 5.08. The lowest BCUT2D eigenvalue weighted by Gasteiger charge is -2.10. The largest absolute Gasteiger partial charge is 0.377 e. The molecule has 0 amide bonds. The topological polar surface area (TPSA) is 59.1 Å². The first-order valence-electron chi connectivity index (χ1n) is 6.10. The third kappa shape index (κ3) is 3.30. The second kappa shape index (κ2) is 5.31. The van der Waals surface area contributed by atoms with Gasteiger partial charge in [-0.05, 0) is 19.3 Å². The van der Waals surface area contributed by atoms with E-state index in [0.717, 1.165) is 24.1 Å². The Bertz CT molecular complexity index is 359. The van der Waals surface area contributed by atoms with Gasteiger partial charge in [0.1, 0.15) is 18.2 Å². The van der Waals surface area contributed by atoms with Crippen molar-refractivity contribution >= 4 is 11.6 Å². The fourth-order valence-electron chi connectivity index (χ4n) is 1.75. The fourth-order valence-corrected chi connectivity index (χ4v) is 1.75. The number of nitrogens with zero attached hydrogens (tertiary/aromatic N) is 2. The molecule has 2 unspecified atom stereocenters. The molecule has 1 heterocycles. The summed E-state index contributed by atoms with van der Waals surface area (Å²) >= 11 is 0. The van der Waals surface area contributed by atoms with Crippen molar-refractivity contribution in [3.63, 3.8) is 0 Å². The molecule has 1 aliphatic carbocycles. The van der Waals surface area contributed by atoms with Crippen molar-refractivity contribution in [2.45, 2.75) is 32.9 Å². The van der Waals surface area contributed by atoms with Crippen molar-refractivity contribution in [1.29, 1.82) is 0 Å². The van der Waals surface area contributed by atoms with Crippen molar-refractivity contribution in [3.8, 4) is 0 Å². The zero-order chi connectivity index (χ0) is 12.3. The summed E-state index contributed by atoms with van der Waals surface area (Å²) in [5, 5.41) is 6.62. The summed E-state index contributed by atoms with van der Waals surface area (Å²) in [4.78, 5) is 8.81. The van der Waals surface area contributed by atoms with Gasteiger partial charge in [0.25, 0.3) is 0 Å². The lowest BCUT2D eigenvalue weighted by molar-refractivity contribution is 0.178. The molecular weight excluding hydrogens is 216 g/mol. The normalized spacial score (nSPS) is 22.3. The van der Waals surface area contributed by atoms with Crippen LogP contribution >= 0.6 is 0 Å². The molecule has 0 bridgehead atoms.